The van der Waals surface area contributed by atoms with Crippen molar-refractivity contribution in [2.24, 2.45) is 4.36 Å². The van der Waals surface area contributed by atoms with E-state index in [4.69, 9.17) is 11.6 Å². The first kappa shape index (κ1) is 20.9. The van der Waals surface area contributed by atoms with Crippen LogP contribution in [0.1, 0.15) is 11.1 Å². The van der Waals surface area contributed by atoms with Gasteiger partial charge in [-0.3, -0.25) is 4.72 Å². The van der Waals surface area contributed by atoms with Gasteiger partial charge in [0.05, 0.1) is 4.90 Å². The van der Waals surface area contributed by atoms with Crippen LogP contribution in [0.4, 0.5) is 10.5 Å². The van der Waals surface area contributed by atoms with E-state index in [0.717, 1.165) is 11.1 Å². The molecule has 3 rings (SSSR count). The standard InChI is InChI=1S/C22H22ClN3O2S/c1-17-7-13-21(14-8-17)29(28,25-20-11-9-19(23)10-12-20)26-22(27)24-16-15-18-5-3-2-4-6-18/h2-14H,15-16H2,1H3,(H2,24,25,26,27,28). The van der Waals surface area contributed by atoms with E-state index in [0.29, 0.717) is 28.6 Å². The van der Waals surface area contributed by atoms with Crippen molar-refractivity contribution in [3.05, 3.63) is 95.0 Å². The number of nitrogens with zero attached hydrogens (tertiary/aromatic N) is 1. The Labute approximate surface area is 176 Å². The van der Waals surface area contributed by atoms with E-state index < -0.39 is 15.9 Å². The molecule has 0 fully saturated rings. The normalized spacial score (nSPS) is 12.6. The van der Waals surface area contributed by atoms with Gasteiger partial charge in [-0.25, -0.2) is 9.00 Å². The number of nitrogens with one attached hydrogen (secondary N) is 2. The van der Waals surface area contributed by atoms with Gasteiger partial charge in [0.25, 0.3) is 0 Å². The maximum Gasteiger partial charge on any atom is 0.350 e. The van der Waals surface area contributed by atoms with Crippen molar-refractivity contribution in [1.29, 1.82) is 0 Å². The average molecular weight is 428 g/mol. The van der Waals surface area contributed by atoms with E-state index in [9.17, 15) is 9.00 Å². The van der Waals surface area contributed by atoms with Crippen molar-refractivity contribution in [1.82, 2.24) is 5.32 Å². The fourth-order valence-electron chi connectivity index (χ4n) is 2.64. The predicted molar refractivity (Wildman–Crippen MR) is 119 cm³/mol. The third kappa shape index (κ3) is 6.07. The minimum atomic E-state index is -3.22. The van der Waals surface area contributed by atoms with E-state index in [1.54, 1.807) is 36.4 Å². The first-order chi connectivity index (χ1) is 13.9. The van der Waals surface area contributed by atoms with Gasteiger partial charge in [0, 0.05) is 17.3 Å². The number of carbonyl (C=O) groups excluding carboxylic acids is 1. The molecule has 0 radical (unpaired) electrons. The second-order valence-electron chi connectivity index (χ2n) is 6.51. The van der Waals surface area contributed by atoms with Crippen LogP contribution >= 0.6 is 11.6 Å². The first-order valence-electron chi connectivity index (χ1n) is 9.13. The number of rotatable bonds is 6. The summed E-state index contributed by atoms with van der Waals surface area (Å²) in [5.41, 5.74) is 2.68. The topological polar surface area (TPSA) is 70.6 Å². The van der Waals surface area contributed by atoms with Crippen LogP contribution in [0.25, 0.3) is 0 Å². The minimum Gasteiger partial charge on any atom is -0.335 e. The molecule has 29 heavy (non-hydrogen) atoms. The summed E-state index contributed by atoms with van der Waals surface area (Å²) < 4.78 is 20.5. The van der Waals surface area contributed by atoms with E-state index in [-0.39, 0.29) is 0 Å². The van der Waals surface area contributed by atoms with Gasteiger partial charge in [-0.1, -0.05) is 59.6 Å². The van der Waals surface area contributed by atoms with Crippen molar-refractivity contribution in [2.75, 3.05) is 11.3 Å². The number of benzene rings is 3. The molecule has 0 saturated carbocycles. The summed E-state index contributed by atoms with van der Waals surface area (Å²) in [6, 6.07) is 23.0. The number of urea groups is 1. The van der Waals surface area contributed by atoms with Crippen LogP contribution in [0, 0.1) is 6.92 Å². The van der Waals surface area contributed by atoms with Crippen molar-refractivity contribution < 1.29 is 9.00 Å². The van der Waals surface area contributed by atoms with Crippen LogP contribution in [0.2, 0.25) is 5.02 Å². The van der Waals surface area contributed by atoms with Crippen molar-refractivity contribution in [3.63, 3.8) is 0 Å². The fourth-order valence-corrected chi connectivity index (χ4v) is 4.30. The molecule has 0 spiro atoms. The number of hydrogen-bond acceptors (Lipinski definition) is 2. The molecule has 1 unspecified atom stereocenters. The smallest absolute Gasteiger partial charge is 0.335 e. The zero-order valence-corrected chi connectivity index (χ0v) is 17.5. The monoisotopic (exact) mass is 427 g/mol. The number of halogens is 1. The molecule has 2 N–H and O–H groups in total. The van der Waals surface area contributed by atoms with Crippen LogP contribution in [0.15, 0.2) is 88.1 Å². The summed E-state index contributed by atoms with van der Waals surface area (Å²) in [4.78, 5) is 12.8. The first-order valence-corrected chi connectivity index (χ1v) is 11.0. The van der Waals surface area contributed by atoms with Gasteiger partial charge in [-0.15, -0.1) is 4.36 Å². The summed E-state index contributed by atoms with van der Waals surface area (Å²) in [5.74, 6) is 0. The minimum absolute atomic E-state index is 0.400. The molecule has 150 valence electrons. The number of hydrogen-bond donors (Lipinski definition) is 2. The quantitative estimate of drug-likeness (QED) is 0.548. The van der Waals surface area contributed by atoms with Gasteiger partial charge < -0.3 is 5.32 Å². The molecule has 0 saturated heterocycles. The Bertz CT molecular complexity index is 1080. The molecule has 0 heterocycles. The lowest BCUT2D eigenvalue weighted by molar-refractivity contribution is 0.249. The summed E-state index contributed by atoms with van der Waals surface area (Å²) in [6.45, 7) is 2.34. The Morgan fingerprint density at radius 2 is 1.62 bits per heavy atom. The molecule has 2 amide bonds. The number of aryl methyl sites for hydroxylation is 1. The van der Waals surface area contributed by atoms with Crippen LogP contribution in [0.3, 0.4) is 0 Å². The lowest BCUT2D eigenvalue weighted by atomic mass is 10.1. The van der Waals surface area contributed by atoms with Gasteiger partial charge in [0.2, 0.25) is 0 Å². The van der Waals surface area contributed by atoms with Gasteiger partial charge in [0.15, 0.2) is 9.92 Å². The van der Waals surface area contributed by atoms with E-state index in [1.807, 2.05) is 49.4 Å². The molecule has 0 aliphatic rings. The Kier molecular flexibility index (Phi) is 6.90. The van der Waals surface area contributed by atoms with E-state index in [1.165, 1.54) is 0 Å². The zero-order chi connectivity index (χ0) is 20.7. The van der Waals surface area contributed by atoms with Crippen LogP contribution < -0.4 is 10.0 Å². The third-order valence-corrected chi connectivity index (χ3v) is 6.28. The zero-order valence-electron chi connectivity index (χ0n) is 16.0. The molecule has 3 aromatic carbocycles. The average Bonchev–Trinajstić information content (AvgIpc) is 2.71. The summed E-state index contributed by atoms with van der Waals surface area (Å²) in [6.07, 6.45) is 0.665. The Morgan fingerprint density at radius 3 is 2.28 bits per heavy atom. The summed E-state index contributed by atoms with van der Waals surface area (Å²) in [5, 5.41) is 3.28. The molecule has 3 aromatic rings. The molecular formula is C22H22ClN3O2S. The second kappa shape index (κ2) is 9.58. The SMILES string of the molecule is Cc1ccc(S(=O)(=NC(=O)NCCc2ccccc2)Nc2ccc(Cl)cc2)cc1. The summed E-state index contributed by atoms with van der Waals surface area (Å²) >= 11 is 5.92. The van der Waals surface area contributed by atoms with Gasteiger partial charge >= 0.3 is 6.03 Å². The molecule has 1 atom stereocenters. The van der Waals surface area contributed by atoms with E-state index >= 15 is 0 Å². The molecule has 5 nitrogen and oxygen atoms in total. The predicted octanol–water partition coefficient (Wildman–Crippen LogP) is 5.45. The molecule has 0 bridgehead atoms. The summed E-state index contributed by atoms with van der Waals surface area (Å²) in [7, 11) is -3.22. The molecular weight excluding hydrogens is 406 g/mol. The maximum absolute atomic E-state index is 13.6. The Morgan fingerprint density at radius 1 is 0.966 bits per heavy atom. The van der Waals surface area contributed by atoms with Gasteiger partial charge in [0.1, 0.15) is 0 Å². The Balaban J connectivity index is 1.81. The third-order valence-electron chi connectivity index (χ3n) is 4.19. The number of anilines is 1. The van der Waals surface area contributed by atoms with Crippen molar-refractivity contribution >= 4 is 33.2 Å². The van der Waals surface area contributed by atoms with Gasteiger partial charge in [-0.05, 0) is 55.3 Å². The lowest BCUT2D eigenvalue weighted by Gasteiger charge is -2.14. The van der Waals surface area contributed by atoms with Crippen LogP contribution in [0.5, 0.6) is 0 Å². The Hall–Kier alpha value is -2.83. The van der Waals surface area contributed by atoms with Crippen LogP contribution in [-0.2, 0) is 16.3 Å². The van der Waals surface area contributed by atoms with Crippen LogP contribution in [-0.4, -0.2) is 16.8 Å². The van der Waals surface area contributed by atoms with E-state index in [2.05, 4.69) is 14.4 Å². The highest BCUT2D eigenvalue weighted by molar-refractivity contribution is 7.95. The molecule has 0 aliphatic heterocycles. The number of carbonyl (C=O) groups is 1. The molecule has 0 aliphatic carbocycles. The highest BCUT2D eigenvalue weighted by atomic mass is 35.5. The molecule has 0 aromatic heterocycles. The largest absolute Gasteiger partial charge is 0.350 e. The van der Waals surface area contributed by atoms with Gasteiger partial charge in [-0.2, -0.15) is 0 Å². The lowest BCUT2D eigenvalue weighted by Crippen LogP contribution is -2.25. The second-order valence-corrected chi connectivity index (χ2v) is 8.85. The fraction of sp³-hybridized carbons (Fsp3) is 0.136. The maximum atomic E-state index is 13.6. The molecule has 7 heteroatoms. The van der Waals surface area contributed by atoms with Crippen molar-refractivity contribution in [3.8, 4) is 0 Å². The highest BCUT2D eigenvalue weighted by Crippen LogP contribution is 2.20. The highest BCUT2D eigenvalue weighted by Gasteiger charge is 2.15. The number of amides is 2. The van der Waals surface area contributed by atoms with Crippen molar-refractivity contribution in [2.45, 2.75) is 18.2 Å².